The van der Waals surface area contributed by atoms with Crippen LogP contribution in [0.5, 0.6) is 0 Å². The van der Waals surface area contributed by atoms with Crippen LogP contribution in [0.4, 0.5) is 0 Å². The number of fused-ring (bicyclic) bond motifs is 1. The van der Waals surface area contributed by atoms with E-state index in [0.29, 0.717) is 24.4 Å². The van der Waals surface area contributed by atoms with Crippen molar-refractivity contribution < 1.29 is 9.59 Å². The third kappa shape index (κ3) is 1.32. The molecule has 2 nitrogen and oxygen atoms in total. The minimum atomic E-state index is -0.0440. The third-order valence-corrected chi connectivity index (χ3v) is 4.54. The van der Waals surface area contributed by atoms with Gasteiger partial charge in [0.1, 0.15) is 11.6 Å². The monoisotopic (exact) mass is 194 g/mol. The Morgan fingerprint density at radius 1 is 0.857 bits per heavy atom. The van der Waals surface area contributed by atoms with E-state index in [1.165, 1.54) is 0 Å². The lowest BCUT2D eigenvalue weighted by Gasteiger charge is -2.52. The quantitative estimate of drug-likeness (QED) is 0.593. The molecule has 0 aromatic carbocycles. The van der Waals surface area contributed by atoms with Crippen molar-refractivity contribution in [1.29, 1.82) is 0 Å². The minimum absolute atomic E-state index is 0.0440. The summed E-state index contributed by atoms with van der Waals surface area (Å²) >= 11 is 0. The van der Waals surface area contributed by atoms with Crippen LogP contribution in [0.3, 0.4) is 0 Å². The average Bonchev–Trinajstić information content (AvgIpc) is 2.08. The normalized spacial score (nSPS) is 43.6. The van der Waals surface area contributed by atoms with Gasteiger partial charge in [-0.15, -0.1) is 0 Å². The van der Waals surface area contributed by atoms with Gasteiger partial charge in [-0.3, -0.25) is 9.59 Å². The number of rotatable bonds is 0. The molecule has 0 aromatic heterocycles. The van der Waals surface area contributed by atoms with Gasteiger partial charge in [0.05, 0.1) is 0 Å². The van der Waals surface area contributed by atoms with E-state index in [9.17, 15) is 9.59 Å². The molecule has 0 aliphatic heterocycles. The van der Waals surface area contributed by atoms with Gasteiger partial charge in [0.2, 0.25) is 0 Å². The Bertz CT molecular complexity index is 269. The molecule has 0 spiro atoms. The lowest BCUT2D eigenvalue weighted by Crippen LogP contribution is -2.47. The molecule has 0 N–H and O–H groups in total. The second kappa shape index (κ2) is 2.91. The fraction of sp³-hybridized carbons (Fsp3) is 0.833. The first kappa shape index (κ1) is 9.88. The summed E-state index contributed by atoms with van der Waals surface area (Å²) in [6.07, 6.45) is 4.65. The van der Waals surface area contributed by atoms with Crippen LogP contribution >= 0.6 is 0 Å². The molecule has 0 heterocycles. The number of hydrogen-bond acceptors (Lipinski definition) is 2. The molecule has 2 heteroatoms. The zero-order valence-electron chi connectivity index (χ0n) is 9.06. The molecule has 0 amide bonds. The summed E-state index contributed by atoms with van der Waals surface area (Å²) in [4.78, 5) is 22.9. The fourth-order valence-electron chi connectivity index (χ4n) is 3.10. The lowest BCUT2D eigenvalue weighted by molar-refractivity contribution is -0.140. The van der Waals surface area contributed by atoms with Crippen molar-refractivity contribution in [3.05, 3.63) is 0 Å². The predicted molar refractivity (Wildman–Crippen MR) is 53.9 cm³/mol. The van der Waals surface area contributed by atoms with Crippen molar-refractivity contribution in [3.8, 4) is 0 Å². The van der Waals surface area contributed by atoms with E-state index in [-0.39, 0.29) is 10.8 Å². The molecule has 0 saturated heterocycles. The van der Waals surface area contributed by atoms with Crippen molar-refractivity contribution in [1.82, 2.24) is 0 Å². The van der Waals surface area contributed by atoms with Crippen molar-refractivity contribution in [2.75, 3.05) is 0 Å². The molecule has 0 bridgehead atoms. The maximum atomic E-state index is 11.5. The first-order valence-electron chi connectivity index (χ1n) is 5.49. The summed E-state index contributed by atoms with van der Waals surface area (Å²) in [5.74, 6) is 0.694. The van der Waals surface area contributed by atoms with E-state index >= 15 is 0 Å². The van der Waals surface area contributed by atoms with Gasteiger partial charge >= 0.3 is 0 Å². The largest absolute Gasteiger partial charge is 0.300 e. The molecule has 0 atom stereocenters. The van der Waals surface area contributed by atoms with Gasteiger partial charge in [-0.25, -0.2) is 0 Å². The molecule has 0 unspecified atom stereocenters. The summed E-state index contributed by atoms with van der Waals surface area (Å²) in [5.41, 5.74) is 0.187. The van der Waals surface area contributed by atoms with E-state index < -0.39 is 0 Å². The van der Waals surface area contributed by atoms with Gasteiger partial charge < -0.3 is 0 Å². The smallest absolute Gasteiger partial charge is 0.133 e. The second-order valence-electron chi connectivity index (χ2n) is 5.55. The maximum absolute atomic E-state index is 11.5. The Hall–Kier alpha value is -0.660. The molecular formula is C12H18O2. The van der Waals surface area contributed by atoms with Gasteiger partial charge in [0.25, 0.3) is 0 Å². The molecular weight excluding hydrogens is 176 g/mol. The van der Waals surface area contributed by atoms with E-state index in [1.54, 1.807) is 0 Å². The van der Waals surface area contributed by atoms with Gasteiger partial charge in [-0.1, -0.05) is 13.8 Å². The Kier molecular flexibility index (Phi) is 2.06. The van der Waals surface area contributed by atoms with Crippen molar-refractivity contribution in [2.24, 2.45) is 10.8 Å². The first-order valence-corrected chi connectivity index (χ1v) is 5.49. The second-order valence-corrected chi connectivity index (χ2v) is 5.55. The summed E-state index contributed by atoms with van der Waals surface area (Å²) < 4.78 is 0. The van der Waals surface area contributed by atoms with E-state index in [1.807, 2.05) is 0 Å². The highest BCUT2D eigenvalue weighted by molar-refractivity contribution is 5.85. The summed E-state index contributed by atoms with van der Waals surface area (Å²) in [6, 6.07) is 0. The molecule has 14 heavy (non-hydrogen) atoms. The van der Waals surface area contributed by atoms with Crippen molar-refractivity contribution >= 4 is 11.6 Å². The van der Waals surface area contributed by atoms with Crippen LogP contribution < -0.4 is 0 Å². The Labute approximate surface area is 85.1 Å². The van der Waals surface area contributed by atoms with Gasteiger partial charge in [-0.2, -0.15) is 0 Å². The molecule has 0 radical (unpaired) electrons. The molecule has 78 valence electrons. The SMILES string of the molecule is CC12CCC(=O)CC1(C)CC(=O)CC2. The van der Waals surface area contributed by atoms with E-state index in [2.05, 4.69) is 13.8 Å². The molecule has 2 fully saturated rings. The average molecular weight is 194 g/mol. The highest BCUT2D eigenvalue weighted by atomic mass is 16.1. The summed E-state index contributed by atoms with van der Waals surface area (Å²) in [6.45, 7) is 4.38. The molecule has 2 rings (SSSR count). The highest BCUT2D eigenvalue weighted by Gasteiger charge is 2.51. The maximum Gasteiger partial charge on any atom is 0.133 e. The van der Waals surface area contributed by atoms with Crippen LogP contribution in [0, 0.1) is 10.8 Å². The minimum Gasteiger partial charge on any atom is -0.300 e. The molecule has 2 saturated carbocycles. The highest BCUT2D eigenvalue weighted by Crippen LogP contribution is 2.56. The fourth-order valence-corrected chi connectivity index (χ4v) is 3.10. The van der Waals surface area contributed by atoms with Crippen LogP contribution in [-0.4, -0.2) is 11.6 Å². The first-order chi connectivity index (χ1) is 6.45. The Morgan fingerprint density at radius 2 is 1.29 bits per heavy atom. The lowest BCUT2D eigenvalue weighted by atomic mass is 9.51. The Balaban J connectivity index is 2.29. The van der Waals surface area contributed by atoms with Crippen LogP contribution in [0.15, 0.2) is 0 Å². The summed E-state index contributed by atoms with van der Waals surface area (Å²) in [7, 11) is 0. The summed E-state index contributed by atoms with van der Waals surface area (Å²) in [5, 5.41) is 0. The van der Waals surface area contributed by atoms with Crippen molar-refractivity contribution in [2.45, 2.75) is 52.4 Å². The van der Waals surface area contributed by atoms with Crippen LogP contribution in [0.2, 0.25) is 0 Å². The number of carbonyl (C=O) groups excluding carboxylic acids is 2. The topological polar surface area (TPSA) is 34.1 Å². The number of ketones is 2. The van der Waals surface area contributed by atoms with Gasteiger partial charge in [0.15, 0.2) is 0 Å². The Morgan fingerprint density at radius 3 is 1.71 bits per heavy atom. The standard InChI is InChI=1S/C12H18O2/c1-11-5-3-9(13)7-12(11,2)8-10(14)4-6-11/h3-8H2,1-2H3. The number of carbonyl (C=O) groups is 2. The van der Waals surface area contributed by atoms with Crippen molar-refractivity contribution in [3.63, 3.8) is 0 Å². The third-order valence-electron chi connectivity index (χ3n) is 4.54. The predicted octanol–water partition coefficient (Wildman–Crippen LogP) is 2.51. The van der Waals surface area contributed by atoms with Gasteiger partial charge in [0, 0.05) is 25.7 Å². The number of Topliss-reactive ketones (excluding diaryl/α,β-unsaturated/α-hetero) is 2. The zero-order chi connectivity index (χ0) is 10.4. The van der Waals surface area contributed by atoms with Gasteiger partial charge in [-0.05, 0) is 23.7 Å². The van der Waals surface area contributed by atoms with E-state index in [0.717, 1.165) is 25.7 Å². The molecule has 2 aliphatic rings. The van der Waals surface area contributed by atoms with Crippen LogP contribution in [0.25, 0.3) is 0 Å². The van der Waals surface area contributed by atoms with Crippen LogP contribution in [0.1, 0.15) is 52.4 Å². The molecule has 2 aliphatic carbocycles. The van der Waals surface area contributed by atoms with Crippen LogP contribution in [-0.2, 0) is 9.59 Å². The zero-order valence-corrected chi connectivity index (χ0v) is 9.06. The number of hydrogen-bond donors (Lipinski definition) is 0. The molecule has 0 aromatic rings. The van der Waals surface area contributed by atoms with E-state index in [4.69, 9.17) is 0 Å².